The molecule has 5 fully saturated rings. The van der Waals surface area contributed by atoms with Crippen LogP contribution in [0.3, 0.4) is 0 Å². The number of ether oxygens (including phenoxy) is 5. The molecule has 17 heteroatoms. The summed E-state index contributed by atoms with van der Waals surface area (Å²) in [6, 6.07) is 0. The molecule has 0 amide bonds. The summed E-state index contributed by atoms with van der Waals surface area (Å²) in [6.45, 7) is -1.31. The molecule has 17 nitrogen and oxygen atoms in total. The fourth-order valence-electron chi connectivity index (χ4n) is 7.28. The molecule has 5 aliphatic rings. The van der Waals surface area contributed by atoms with Crippen LogP contribution < -0.4 is 0 Å². The van der Waals surface area contributed by atoms with Gasteiger partial charge in [0.05, 0.1) is 55.9 Å². The fourth-order valence-corrected chi connectivity index (χ4v) is 7.28. The summed E-state index contributed by atoms with van der Waals surface area (Å²) in [7, 11) is 0. The molecule has 2 saturated carbocycles. The average molecular weight is 643 g/mol. The average Bonchev–Trinajstić information content (AvgIpc) is 3.00. The summed E-state index contributed by atoms with van der Waals surface area (Å²) in [5.41, 5.74) is 0. The highest BCUT2D eigenvalue weighted by Gasteiger charge is 2.54. The summed E-state index contributed by atoms with van der Waals surface area (Å²) in [6.07, 6.45) is -23.1. The number of hydrogen-bond acceptors (Lipinski definition) is 17. The third kappa shape index (κ3) is 6.81. The number of aliphatic hydroxyl groups excluding tert-OH is 12. The molecular formula is C27H46O17. The molecule has 0 spiro atoms. The lowest BCUT2D eigenvalue weighted by molar-refractivity contribution is -0.339. The van der Waals surface area contributed by atoms with Gasteiger partial charge in [-0.25, -0.2) is 0 Å². The van der Waals surface area contributed by atoms with Gasteiger partial charge in [-0.05, 0) is 25.2 Å². The summed E-state index contributed by atoms with van der Waals surface area (Å²) in [5.74, 6) is -1.14. The molecule has 18 atom stereocenters. The van der Waals surface area contributed by atoms with Crippen LogP contribution in [0.25, 0.3) is 0 Å². The highest BCUT2D eigenvalue weighted by molar-refractivity contribution is 5.01. The van der Waals surface area contributed by atoms with Gasteiger partial charge < -0.3 is 85.0 Å². The molecule has 3 saturated heterocycles. The standard InChI is InChI=1S/C27H46O17/c28-6-16-19(34)21(36)23(38)26(43-16)40-9-3-11(30)10-5-15(42-27-24(39)22(37)20(35)17(7-29)44-27)25(41-14(10)4-9)8-1-12(31)18(33)13(32)2-8/h8-39H,1-7H2/t8?,9?,10?,11?,12?,13?,14?,15?,16-,17-,18?,19-,20-,21-,22-,23-,24-,25?,26-,27-/m0/s1. The largest absolute Gasteiger partial charge is 0.394 e. The van der Waals surface area contributed by atoms with Gasteiger partial charge in [-0.2, -0.15) is 0 Å². The second-order valence-electron chi connectivity index (χ2n) is 12.8. The highest BCUT2D eigenvalue weighted by atomic mass is 16.7. The van der Waals surface area contributed by atoms with Crippen molar-refractivity contribution in [1.82, 2.24) is 0 Å². The zero-order valence-corrected chi connectivity index (χ0v) is 23.9. The number of aliphatic hydroxyl groups is 12. The molecule has 3 heterocycles. The zero-order chi connectivity index (χ0) is 32.0. The van der Waals surface area contributed by atoms with E-state index in [0.717, 1.165) is 0 Å². The second kappa shape index (κ2) is 14.2. The molecule has 5 rings (SSSR count). The number of rotatable bonds is 7. The lowest BCUT2D eigenvalue weighted by Crippen LogP contribution is -2.63. The molecule has 2 aliphatic carbocycles. The van der Waals surface area contributed by atoms with Gasteiger partial charge in [0, 0.05) is 18.8 Å². The van der Waals surface area contributed by atoms with E-state index in [1.54, 1.807) is 0 Å². The summed E-state index contributed by atoms with van der Waals surface area (Å²) in [4.78, 5) is 0. The minimum atomic E-state index is -1.71. The van der Waals surface area contributed by atoms with Gasteiger partial charge in [-0.1, -0.05) is 0 Å². The summed E-state index contributed by atoms with van der Waals surface area (Å²) in [5, 5.41) is 123. The topological polar surface area (TPSA) is 289 Å². The lowest BCUT2D eigenvalue weighted by atomic mass is 9.72. The quantitative estimate of drug-likeness (QED) is 0.123. The Balaban J connectivity index is 1.33. The molecule has 3 aliphatic heterocycles. The Morgan fingerprint density at radius 1 is 0.500 bits per heavy atom. The van der Waals surface area contributed by atoms with Gasteiger partial charge in [0.15, 0.2) is 12.6 Å². The Kier molecular flexibility index (Phi) is 11.2. The molecule has 12 N–H and O–H groups in total. The third-order valence-corrected chi connectivity index (χ3v) is 9.85. The molecule has 8 unspecified atom stereocenters. The van der Waals surface area contributed by atoms with Gasteiger partial charge in [0.1, 0.15) is 54.9 Å². The molecule has 0 aromatic heterocycles. The Morgan fingerprint density at radius 3 is 1.55 bits per heavy atom. The predicted molar refractivity (Wildman–Crippen MR) is 140 cm³/mol. The lowest BCUT2D eigenvalue weighted by Gasteiger charge is -2.52. The van der Waals surface area contributed by atoms with Crippen molar-refractivity contribution in [3.05, 3.63) is 0 Å². The van der Waals surface area contributed by atoms with E-state index >= 15 is 0 Å². The maximum atomic E-state index is 11.2. The van der Waals surface area contributed by atoms with E-state index in [9.17, 15) is 61.3 Å². The first-order valence-corrected chi connectivity index (χ1v) is 15.1. The Labute approximate surface area is 252 Å². The predicted octanol–water partition coefficient (Wildman–Crippen LogP) is -6.22. The van der Waals surface area contributed by atoms with Crippen molar-refractivity contribution < 1.29 is 85.0 Å². The van der Waals surface area contributed by atoms with Gasteiger partial charge in [0.2, 0.25) is 0 Å². The zero-order valence-electron chi connectivity index (χ0n) is 23.9. The first-order chi connectivity index (χ1) is 20.8. The van der Waals surface area contributed by atoms with E-state index in [2.05, 4.69) is 0 Å². The molecule has 0 aromatic carbocycles. The van der Waals surface area contributed by atoms with Crippen molar-refractivity contribution in [1.29, 1.82) is 0 Å². The normalized spacial score (nSPS) is 55.4. The minimum Gasteiger partial charge on any atom is -0.394 e. The van der Waals surface area contributed by atoms with E-state index < -0.39 is 135 Å². The Hall–Kier alpha value is -0.680. The molecular weight excluding hydrogens is 596 g/mol. The Bertz CT molecular complexity index is 915. The number of hydrogen-bond donors (Lipinski definition) is 12. The van der Waals surface area contributed by atoms with E-state index in [1.807, 2.05) is 0 Å². The Morgan fingerprint density at radius 2 is 1.02 bits per heavy atom. The highest BCUT2D eigenvalue weighted by Crippen LogP contribution is 2.44. The van der Waals surface area contributed by atoms with Crippen LogP contribution in [-0.2, 0) is 23.7 Å². The van der Waals surface area contributed by atoms with Crippen molar-refractivity contribution in [2.75, 3.05) is 13.2 Å². The van der Waals surface area contributed by atoms with E-state index in [1.165, 1.54) is 0 Å². The van der Waals surface area contributed by atoms with Crippen molar-refractivity contribution in [2.24, 2.45) is 11.8 Å². The second-order valence-corrected chi connectivity index (χ2v) is 12.8. The van der Waals surface area contributed by atoms with Gasteiger partial charge in [0.25, 0.3) is 0 Å². The van der Waals surface area contributed by atoms with Crippen molar-refractivity contribution in [3.8, 4) is 0 Å². The SMILES string of the molecule is OC[C@@H]1O[C@H](OC2CC(O)C3CC(O[C@H]4O[C@@H](CO)[C@H](O)[C@H](O)[C@@H]4O)C(C4CC(O)C(O)C(O)C4)OC3C2)[C@@H](O)[C@@H](O)[C@H]1O. The fraction of sp³-hybridized carbons (Fsp3) is 1.00. The van der Waals surface area contributed by atoms with Crippen molar-refractivity contribution in [2.45, 2.75) is 142 Å². The monoisotopic (exact) mass is 642 g/mol. The van der Waals surface area contributed by atoms with Crippen molar-refractivity contribution in [3.63, 3.8) is 0 Å². The van der Waals surface area contributed by atoms with Gasteiger partial charge in [-0.15, -0.1) is 0 Å². The van der Waals surface area contributed by atoms with Crippen LogP contribution in [0.1, 0.15) is 32.1 Å². The summed E-state index contributed by atoms with van der Waals surface area (Å²) >= 11 is 0. The smallest absolute Gasteiger partial charge is 0.187 e. The van der Waals surface area contributed by atoms with Crippen LogP contribution >= 0.6 is 0 Å². The maximum absolute atomic E-state index is 11.2. The van der Waals surface area contributed by atoms with Crippen LogP contribution in [0.15, 0.2) is 0 Å². The summed E-state index contributed by atoms with van der Waals surface area (Å²) < 4.78 is 29.4. The molecule has 0 bridgehead atoms. The third-order valence-electron chi connectivity index (χ3n) is 9.85. The molecule has 0 radical (unpaired) electrons. The van der Waals surface area contributed by atoms with E-state index in [4.69, 9.17) is 23.7 Å². The van der Waals surface area contributed by atoms with Crippen molar-refractivity contribution >= 4 is 0 Å². The van der Waals surface area contributed by atoms with Crippen LogP contribution in [0, 0.1) is 11.8 Å². The first-order valence-electron chi connectivity index (χ1n) is 15.1. The molecule has 256 valence electrons. The van der Waals surface area contributed by atoms with Crippen LogP contribution in [0.5, 0.6) is 0 Å². The first kappa shape index (κ1) is 34.6. The van der Waals surface area contributed by atoms with Gasteiger partial charge >= 0.3 is 0 Å². The van der Waals surface area contributed by atoms with Crippen LogP contribution in [0.4, 0.5) is 0 Å². The molecule has 44 heavy (non-hydrogen) atoms. The van der Waals surface area contributed by atoms with E-state index in [-0.39, 0.29) is 32.1 Å². The van der Waals surface area contributed by atoms with Crippen LogP contribution in [0.2, 0.25) is 0 Å². The van der Waals surface area contributed by atoms with Gasteiger partial charge in [-0.3, -0.25) is 0 Å². The maximum Gasteiger partial charge on any atom is 0.187 e. The van der Waals surface area contributed by atoms with Crippen LogP contribution in [-0.4, -0.2) is 185 Å². The minimum absolute atomic E-state index is 0.0160. The van der Waals surface area contributed by atoms with E-state index in [0.29, 0.717) is 0 Å². The molecule has 0 aromatic rings. The number of fused-ring (bicyclic) bond motifs is 1.